The molecule has 1 aliphatic carbocycles. The van der Waals surface area contributed by atoms with Gasteiger partial charge in [-0.1, -0.05) is 12.1 Å². The molecular weight excluding hydrogens is 186 g/mol. The molecule has 0 radical (unpaired) electrons. The molecule has 3 N–H and O–H groups in total. The van der Waals surface area contributed by atoms with Crippen molar-refractivity contribution in [3.8, 4) is 0 Å². The van der Waals surface area contributed by atoms with Crippen LogP contribution in [-0.2, 0) is 0 Å². The van der Waals surface area contributed by atoms with Crippen LogP contribution in [0.5, 0.6) is 0 Å². The van der Waals surface area contributed by atoms with Crippen molar-refractivity contribution in [2.45, 2.75) is 32.2 Å². The second kappa shape index (κ2) is 4.34. The van der Waals surface area contributed by atoms with Gasteiger partial charge in [-0.2, -0.15) is 0 Å². The number of nitrogens with two attached hydrogens (primary N) is 1. The third-order valence-corrected chi connectivity index (χ3v) is 2.69. The third-order valence-electron chi connectivity index (χ3n) is 2.69. The molecule has 15 heavy (non-hydrogen) atoms. The lowest BCUT2D eigenvalue weighted by atomic mass is 9.94. The lowest BCUT2D eigenvalue weighted by molar-refractivity contribution is 0.420. The molecule has 1 aliphatic rings. The van der Waals surface area contributed by atoms with Gasteiger partial charge >= 0.3 is 0 Å². The average Bonchev–Trinajstić information content (AvgIpc) is 2.11. The first-order chi connectivity index (χ1) is 7.24. The van der Waals surface area contributed by atoms with E-state index >= 15 is 0 Å². The fraction of sp³-hybridized carbons (Fsp3) is 0.417. The molecule has 3 nitrogen and oxygen atoms in total. The minimum Gasteiger partial charge on any atom is -0.370 e. The van der Waals surface area contributed by atoms with Crippen LogP contribution in [-0.4, -0.2) is 12.0 Å². The summed E-state index contributed by atoms with van der Waals surface area (Å²) in [5, 5.41) is 3.11. The van der Waals surface area contributed by atoms with Crippen LogP contribution in [0.1, 0.15) is 24.8 Å². The summed E-state index contributed by atoms with van der Waals surface area (Å²) in [5.74, 6) is 0.533. The number of guanidine groups is 1. The second-order valence-electron chi connectivity index (χ2n) is 4.09. The molecule has 1 aromatic carbocycles. The van der Waals surface area contributed by atoms with E-state index in [1.165, 1.54) is 24.8 Å². The van der Waals surface area contributed by atoms with Gasteiger partial charge in [0.2, 0.25) is 0 Å². The fourth-order valence-corrected chi connectivity index (χ4v) is 1.62. The summed E-state index contributed by atoms with van der Waals surface area (Å²) in [5.41, 5.74) is 8.03. The van der Waals surface area contributed by atoms with Crippen molar-refractivity contribution in [2.75, 3.05) is 5.32 Å². The number of nitrogens with zero attached hydrogens (tertiary/aromatic N) is 1. The van der Waals surface area contributed by atoms with Crippen LogP contribution in [0, 0.1) is 6.92 Å². The number of hydrogen-bond donors (Lipinski definition) is 2. The zero-order valence-electron chi connectivity index (χ0n) is 9.03. The molecule has 80 valence electrons. The van der Waals surface area contributed by atoms with Gasteiger partial charge in [-0.15, -0.1) is 0 Å². The zero-order valence-corrected chi connectivity index (χ0v) is 9.03. The number of benzene rings is 1. The molecule has 0 heterocycles. The smallest absolute Gasteiger partial charge is 0.193 e. The van der Waals surface area contributed by atoms with Crippen LogP contribution >= 0.6 is 0 Å². The van der Waals surface area contributed by atoms with E-state index in [-0.39, 0.29) is 0 Å². The molecular formula is C12H17N3. The molecule has 1 saturated carbocycles. The number of anilines is 1. The number of aryl methyl sites for hydroxylation is 1. The van der Waals surface area contributed by atoms with Gasteiger partial charge in [0.1, 0.15) is 0 Å². The zero-order chi connectivity index (χ0) is 10.7. The van der Waals surface area contributed by atoms with E-state index in [4.69, 9.17) is 5.73 Å². The second-order valence-corrected chi connectivity index (χ2v) is 4.09. The first-order valence-electron chi connectivity index (χ1n) is 5.41. The van der Waals surface area contributed by atoms with Crippen LogP contribution in [0.15, 0.2) is 29.3 Å². The highest BCUT2D eigenvalue weighted by atomic mass is 15.1. The molecule has 1 fully saturated rings. The van der Waals surface area contributed by atoms with E-state index in [0.717, 1.165) is 5.69 Å². The van der Waals surface area contributed by atoms with Crippen LogP contribution in [0.4, 0.5) is 5.69 Å². The molecule has 0 aliphatic heterocycles. The molecule has 0 aromatic heterocycles. The van der Waals surface area contributed by atoms with Crippen molar-refractivity contribution in [1.82, 2.24) is 0 Å². The monoisotopic (exact) mass is 203 g/mol. The Bertz CT molecular complexity index is 367. The summed E-state index contributed by atoms with van der Waals surface area (Å²) in [6.07, 6.45) is 3.64. The molecule has 2 rings (SSSR count). The van der Waals surface area contributed by atoms with Crippen LogP contribution in [0.2, 0.25) is 0 Å². The van der Waals surface area contributed by atoms with Gasteiger partial charge < -0.3 is 11.1 Å². The Morgan fingerprint density at radius 1 is 1.47 bits per heavy atom. The Hall–Kier alpha value is -1.51. The van der Waals surface area contributed by atoms with Crippen LogP contribution < -0.4 is 11.1 Å². The molecule has 3 heteroatoms. The summed E-state index contributed by atoms with van der Waals surface area (Å²) >= 11 is 0. The van der Waals surface area contributed by atoms with Gasteiger partial charge in [-0.25, -0.2) is 4.99 Å². The largest absolute Gasteiger partial charge is 0.370 e. The number of aliphatic imine (C=N–C) groups is 1. The van der Waals surface area contributed by atoms with Gasteiger partial charge in [0.15, 0.2) is 5.96 Å². The van der Waals surface area contributed by atoms with Crippen LogP contribution in [0.3, 0.4) is 0 Å². The van der Waals surface area contributed by atoms with Crippen molar-refractivity contribution >= 4 is 11.6 Å². The Kier molecular flexibility index (Phi) is 2.90. The highest BCUT2D eigenvalue weighted by Crippen LogP contribution is 2.21. The maximum absolute atomic E-state index is 5.81. The third kappa shape index (κ3) is 2.72. The summed E-state index contributed by atoms with van der Waals surface area (Å²) in [6.45, 7) is 2.06. The van der Waals surface area contributed by atoms with E-state index in [9.17, 15) is 0 Å². The van der Waals surface area contributed by atoms with Crippen LogP contribution in [0.25, 0.3) is 0 Å². The Morgan fingerprint density at radius 3 is 2.87 bits per heavy atom. The summed E-state index contributed by atoms with van der Waals surface area (Å²) in [6, 6.07) is 8.57. The van der Waals surface area contributed by atoms with Gasteiger partial charge in [0, 0.05) is 5.69 Å². The van der Waals surface area contributed by atoms with Crippen molar-refractivity contribution in [1.29, 1.82) is 0 Å². The molecule has 1 aromatic rings. The number of rotatable bonds is 2. The average molecular weight is 203 g/mol. The normalized spacial score (nSPS) is 17.3. The molecule has 0 atom stereocenters. The molecule has 0 amide bonds. The molecule has 0 spiro atoms. The minimum absolute atomic E-state index is 0.447. The summed E-state index contributed by atoms with van der Waals surface area (Å²) in [7, 11) is 0. The van der Waals surface area contributed by atoms with Gasteiger partial charge in [-0.3, -0.25) is 0 Å². The maximum Gasteiger partial charge on any atom is 0.193 e. The predicted octanol–water partition coefficient (Wildman–Crippen LogP) is 2.27. The Balaban J connectivity index is 1.98. The quantitative estimate of drug-likeness (QED) is 0.572. The van der Waals surface area contributed by atoms with E-state index in [0.29, 0.717) is 12.0 Å². The fourth-order valence-electron chi connectivity index (χ4n) is 1.62. The summed E-state index contributed by atoms with van der Waals surface area (Å²) in [4.78, 5) is 4.39. The number of nitrogens with one attached hydrogen (secondary N) is 1. The lowest BCUT2D eigenvalue weighted by Crippen LogP contribution is -2.27. The van der Waals surface area contributed by atoms with Gasteiger partial charge in [-0.05, 0) is 43.9 Å². The van der Waals surface area contributed by atoms with E-state index < -0.39 is 0 Å². The molecule has 0 saturated heterocycles. The van der Waals surface area contributed by atoms with E-state index in [1.54, 1.807) is 0 Å². The van der Waals surface area contributed by atoms with E-state index in [2.05, 4.69) is 29.4 Å². The first kappa shape index (κ1) is 10.0. The highest BCUT2D eigenvalue weighted by molar-refractivity contribution is 5.92. The van der Waals surface area contributed by atoms with E-state index in [1.807, 2.05) is 12.1 Å². The van der Waals surface area contributed by atoms with Crippen molar-refractivity contribution in [3.05, 3.63) is 29.8 Å². The Morgan fingerprint density at radius 2 is 2.27 bits per heavy atom. The Labute approximate surface area is 90.4 Å². The SMILES string of the molecule is Cc1cccc(NC(N)=NC2CCC2)c1. The molecule has 0 bridgehead atoms. The molecule has 0 unspecified atom stereocenters. The highest BCUT2D eigenvalue weighted by Gasteiger charge is 2.16. The lowest BCUT2D eigenvalue weighted by Gasteiger charge is -2.21. The topological polar surface area (TPSA) is 50.4 Å². The van der Waals surface area contributed by atoms with Gasteiger partial charge in [0.05, 0.1) is 6.04 Å². The minimum atomic E-state index is 0.447. The summed E-state index contributed by atoms with van der Waals surface area (Å²) < 4.78 is 0. The predicted molar refractivity (Wildman–Crippen MR) is 64.1 cm³/mol. The van der Waals surface area contributed by atoms with Crippen molar-refractivity contribution in [2.24, 2.45) is 10.7 Å². The standard InChI is InChI=1S/C12H17N3/c1-9-4-2-7-11(8-9)15-12(13)14-10-5-3-6-10/h2,4,7-8,10H,3,5-6H2,1H3,(H3,13,14,15). The van der Waals surface area contributed by atoms with Crippen molar-refractivity contribution < 1.29 is 0 Å². The van der Waals surface area contributed by atoms with Crippen molar-refractivity contribution in [3.63, 3.8) is 0 Å². The van der Waals surface area contributed by atoms with Gasteiger partial charge in [0.25, 0.3) is 0 Å². The first-order valence-corrected chi connectivity index (χ1v) is 5.41. The maximum atomic E-state index is 5.81. The number of hydrogen-bond acceptors (Lipinski definition) is 1.